The van der Waals surface area contributed by atoms with E-state index in [1.54, 1.807) is 23.7 Å². The summed E-state index contributed by atoms with van der Waals surface area (Å²) in [6.07, 6.45) is 7.35. The number of aromatic nitrogens is 3. The number of amides is 1. The second kappa shape index (κ2) is 6.56. The molecule has 5 heterocycles. The van der Waals surface area contributed by atoms with E-state index in [2.05, 4.69) is 20.0 Å². The number of fused-ring (bicyclic) bond motifs is 2. The van der Waals surface area contributed by atoms with Gasteiger partial charge in [0.15, 0.2) is 0 Å². The van der Waals surface area contributed by atoms with Crippen molar-refractivity contribution in [3.05, 3.63) is 52.3 Å². The zero-order valence-corrected chi connectivity index (χ0v) is 15.9. The number of piperidine rings is 1. The molecule has 6 nitrogen and oxygen atoms in total. The lowest BCUT2D eigenvalue weighted by Gasteiger charge is -2.37. The van der Waals surface area contributed by atoms with Crippen LogP contribution in [-0.2, 0) is 0 Å². The number of nitrogens with zero attached hydrogens (tertiary/aromatic N) is 4. The lowest BCUT2D eigenvalue weighted by molar-refractivity contribution is 0.0560. The van der Waals surface area contributed by atoms with Crippen LogP contribution in [0, 0.1) is 6.92 Å². The molecule has 7 heteroatoms. The lowest BCUT2D eigenvalue weighted by atomic mass is 9.90. The Labute approximate surface area is 161 Å². The monoisotopic (exact) mass is 380 g/mol. The van der Waals surface area contributed by atoms with Crippen LogP contribution < -0.4 is 0 Å². The normalized spacial score (nSPS) is 24.3. The van der Waals surface area contributed by atoms with Crippen molar-refractivity contribution in [2.75, 3.05) is 0 Å². The summed E-state index contributed by atoms with van der Waals surface area (Å²) in [5, 5.41) is 4.14. The van der Waals surface area contributed by atoms with Crippen LogP contribution in [0.15, 0.2) is 41.2 Å². The first-order valence-corrected chi connectivity index (χ1v) is 10.1. The van der Waals surface area contributed by atoms with Crippen molar-refractivity contribution in [1.82, 2.24) is 20.0 Å². The number of hydrogen-bond acceptors (Lipinski definition) is 6. The van der Waals surface area contributed by atoms with Crippen molar-refractivity contribution in [2.24, 2.45) is 0 Å². The van der Waals surface area contributed by atoms with Gasteiger partial charge >= 0.3 is 0 Å². The number of thiophene rings is 1. The maximum atomic E-state index is 13.0. The van der Waals surface area contributed by atoms with Gasteiger partial charge in [0, 0.05) is 40.8 Å². The van der Waals surface area contributed by atoms with Gasteiger partial charge in [-0.3, -0.25) is 9.78 Å². The van der Waals surface area contributed by atoms with Crippen LogP contribution >= 0.6 is 11.3 Å². The molecule has 1 amide bonds. The Morgan fingerprint density at radius 2 is 1.89 bits per heavy atom. The first-order chi connectivity index (χ1) is 13.2. The first kappa shape index (κ1) is 16.6. The molecule has 138 valence electrons. The zero-order chi connectivity index (χ0) is 18.4. The van der Waals surface area contributed by atoms with Crippen molar-refractivity contribution < 1.29 is 9.32 Å². The predicted octanol–water partition coefficient (Wildman–Crippen LogP) is 4.05. The summed E-state index contributed by atoms with van der Waals surface area (Å²) in [7, 11) is 0. The number of hydrogen-bond donors (Lipinski definition) is 0. The Kier molecular flexibility index (Phi) is 4.04. The molecule has 2 fully saturated rings. The van der Waals surface area contributed by atoms with E-state index in [4.69, 9.17) is 4.52 Å². The summed E-state index contributed by atoms with van der Waals surface area (Å²) in [6.45, 7) is 2.04. The third-order valence-corrected chi connectivity index (χ3v) is 6.64. The molecule has 3 aromatic heterocycles. The summed E-state index contributed by atoms with van der Waals surface area (Å²) in [5.41, 5.74) is 0.906. The Morgan fingerprint density at radius 3 is 2.56 bits per heavy atom. The van der Waals surface area contributed by atoms with Crippen molar-refractivity contribution in [3.63, 3.8) is 0 Å². The van der Waals surface area contributed by atoms with E-state index in [0.717, 1.165) is 36.1 Å². The fourth-order valence-electron chi connectivity index (χ4n) is 4.41. The van der Waals surface area contributed by atoms with Crippen LogP contribution in [-0.4, -0.2) is 38.0 Å². The van der Waals surface area contributed by atoms with Gasteiger partial charge in [-0.1, -0.05) is 5.16 Å². The molecule has 0 radical (unpaired) electrons. The fourth-order valence-corrected chi connectivity index (χ4v) is 5.22. The largest absolute Gasteiger partial charge is 0.339 e. The molecule has 0 spiro atoms. The SMILES string of the molecule is Cc1ccc(C(=O)N2C3CCC2CC(c2nc(-c4ccncc4)no2)C3)s1. The van der Waals surface area contributed by atoms with Crippen LogP contribution in [0.2, 0.25) is 0 Å². The highest BCUT2D eigenvalue weighted by atomic mass is 32.1. The third-order valence-electron chi connectivity index (χ3n) is 5.65. The molecule has 2 aliphatic heterocycles. The highest BCUT2D eigenvalue weighted by Gasteiger charge is 2.45. The standard InChI is InChI=1S/C20H20N4O2S/c1-12-2-5-17(27-12)20(25)24-15-3-4-16(24)11-14(10-15)19-22-18(23-26-19)13-6-8-21-9-7-13/h2,5-9,14-16H,3-4,10-11H2,1H3. The van der Waals surface area contributed by atoms with Crippen molar-refractivity contribution in [2.45, 2.75) is 50.6 Å². The van der Waals surface area contributed by atoms with Crippen LogP contribution in [0.3, 0.4) is 0 Å². The smallest absolute Gasteiger partial charge is 0.264 e. The maximum Gasteiger partial charge on any atom is 0.264 e. The first-order valence-electron chi connectivity index (χ1n) is 9.32. The topological polar surface area (TPSA) is 72.1 Å². The van der Waals surface area contributed by atoms with Crippen LogP contribution in [0.4, 0.5) is 0 Å². The Hall–Kier alpha value is -2.54. The van der Waals surface area contributed by atoms with E-state index < -0.39 is 0 Å². The summed E-state index contributed by atoms with van der Waals surface area (Å²) in [6, 6.07) is 8.25. The van der Waals surface area contributed by atoms with E-state index in [0.29, 0.717) is 11.7 Å². The molecular formula is C20H20N4O2S. The number of aryl methyl sites for hydroxylation is 1. The van der Waals surface area contributed by atoms with Gasteiger partial charge in [-0.2, -0.15) is 4.98 Å². The predicted molar refractivity (Wildman–Crippen MR) is 102 cm³/mol. The molecule has 2 saturated heterocycles. The van der Waals surface area contributed by atoms with Crippen LogP contribution in [0.25, 0.3) is 11.4 Å². The molecule has 0 aromatic carbocycles. The van der Waals surface area contributed by atoms with Gasteiger partial charge in [-0.25, -0.2) is 0 Å². The van der Waals surface area contributed by atoms with Gasteiger partial charge in [0.05, 0.1) is 4.88 Å². The van der Waals surface area contributed by atoms with Gasteiger partial charge in [0.25, 0.3) is 5.91 Å². The molecule has 2 atom stereocenters. The van der Waals surface area contributed by atoms with E-state index in [1.165, 1.54) is 4.88 Å². The quantitative estimate of drug-likeness (QED) is 0.685. The molecule has 5 rings (SSSR count). The average Bonchev–Trinajstić information content (AvgIpc) is 3.40. The molecule has 2 unspecified atom stereocenters. The van der Waals surface area contributed by atoms with Crippen molar-refractivity contribution in [3.8, 4) is 11.4 Å². The number of rotatable bonds is 3. The van der Waals surface area contributed by atoms with E-state index in [9.17, 15) is 4.79 Å². The molecule has 3 aromatic rings. The number of pyridine rings is 1. The Morgan fingerprint density at radius 1 is 1.15 bits per heavy atom. The van der Waals surface area contributed by atoms with Gasteiger partial charge in [-0.15, -0.1) is 11.3 Å². The second-order valence-electron chi connectivity index (χ2n) is 7.37. The summed E-state index contributed by atoms with van der Waals surface area (Å²) < 4.78 is 5.58. The average molecular weight is 380 g/mol. The number of carbonyl (C=O) groups is 1. The Bertz CT molecular complexity index is 953. The highest BCUT2D eigenvalue weighted by Crippen LogP contribution is 2.43. The maximum absolute atomic E-state index is 13.0. The molecule has 0 saturated carbocycles. The lowest BCUT2D eigenvalue weighted by Crippen LogP contribution is -2.45. The summed E-state index contributed by atoms with van der Waals surface area (Å²) in [5.74, 6) is 1.70. The molecule has 27 heavy (non-hydrogen) atoms. The third kappa shape index (κ3) is 2.96. The summed E-state index contributed by atoms with van der Waals surface area (Å²) >= 11 is 1.58. The van der Waals surface area contributed by atoms with Crippen LogP contribution in [0.5, 0.6) is 0 Å². The van der Waals surface area contributed by atoms with Gasteiger partial charge in [-0.05, 0) is 56.9 Å². The molecular weight excluding hydrogens is 360 g/mol. The van der Waals surface area contributed by atoms with E-state index in [-0.39, 0.29) is 23.9 Å². The Balaban J connectivity index is 1.34. The van der Waals surface area contributed by atoms with Gasteiger partial charge in [0.2, 0.25) is 11.7 Å². The summed E-state index contributed by atoms with van der Waals surface area (Å²) in [4.78, 5) is 25.8. The van der Waals surface area contributed by atoms with Crippen molar-refractivity contribution >= 4 is 17.2 Å². The molecule has 2 bridgehead atoms. The fraction of sp³-hybridized carbons (Fsp3) is 0.400. The van der Waals surface area contributed by atoms with E-state index >= 15 is 0 Å². The minimum absolute atomic E-state index is 0.182. The molecule has 0 aliphatic carbocycles. The highest BCUT2D eigenvalue weighted by molar-refractivity contribution is 7.13. The minimum atomic E-state index is 0.182. The van der Waals surface area contributed by atoms with Gasteiger partial charge in [0.1, 0.15) is 0 Å². The zero-order valence-electron chi connectivity index (χ0n) is 15.0. The number of carbonyl (C=O) groups excluding carboxylic acids is 1. The second-order valence-corrected chi connectivity index (χ2v) is 8.66. The minimum Gasteiger partial charge on any atom is -0.339 e. The van der Waals surface area contributed by atoms with Crippen molar-refractivity contribution in [1.29, 1.82) is 0 Å². The molecule has 2 aliphatic rings. The van der Waals surface area contributed by atoms with Crippen LogP contribution in [0.1, 0.15) is 52.0 Å². The molecule has 0 N–H and O–H groups in total. The van der Waals surface area contributed by atoms with E-state index in [1.807, 2.05) is 31.2 Å². The van der Waals surface area contributed by atoms with Gasteiger partial charge < -0.3 is 9.42 Å².